The van der Waals surface area contributed by atoms with Crippen LogP contribution in [0, 0.1) is 0 Å². The third-order valence-electron chi connectivity index (χ3n) is 1.87. The average molecular weight is 248 g/mol. The van der Waals surface area contributed by atoms with Crippen molar-refractivity contribution in [3.8, 4) is 0 Å². The summed E-state index contributed by atoms with van der Waals surface area (Å²) in [6.07, 6.45) is 2.70. The Balaban J connectivity index is 2.96. The van der Waals surface area contributed by atoms with E-state index in [2.05, 4.69) is 4.99 Å². The summed E-state index contributed by atoms with van der Waals surface area (Å²) in [6, 6.07) is 5.53. The lowest BCUT2D eigenvalue weighted by Gasteiger charge is -2.06. The molecule has 76 valence electrons. The van der Waals surface area contributed by atoms with Gasteiger partial charge in [0, 0.05) is 23.5 Å². The van der Waals surface area contributed by atoms with E-state index in [0.29, 0.717) is 16.5 Å². The predicted octanol–water partition coefficient (Wildman–Crippen LogP) is 3.93. The summed E-state index contributed by atoms with van der Waals surface area (Å²) in [5.41, 5.74) is 0.950. The molecule has 0 aliphatic rings. The van der Waals surface area contributed by atoms with E-state index in [9.17, 15) is 0 Å². The molecule has 0 N–H and O–H groups in total. The highest BCUT2D eigenvalue weighted by Gasteiger charge is 2.07. The zero-order chi connectivity index (χ0) is 10.6. The monoisotopic (exact) mass is 247 g/mol. The van der Waals surface area contributed by atoms with Crippen LogP contribution in [0.4, 0.5) is 0 Å². The largest absolute Gasteiger partial charge is 0.286 e. The molecule has 1 rings (SSSR count). The van der Waals surface area contributed by atoms with Crippen LogP contribution >= 0.6 is 35.0 Å². The molecule has 0 fully saturated rings. The first-order chi connectivity index (χ1) is 6.69. The Kier molecular flexibility index (Phi) is 4.79. The molecular formula is C10H11Cl2NS. The lowest BCUT2D eigenvalue weighted by molar-refractivity contribution is 1.31. The van der Waals surface area contributed by atoms with Crippen LogP contribution in [0.15, 0.2) is 23.2 Å². The molecule has 4 heteroatoms. The fourth-order valence-corrected chi connectivity index (χ4v) is 2.10. The van der Waals surface area contributed by atoms with Crippen LogP contribution in [-0.4, -0.2) is 18.3 Å². The van der Waals surface area contributed by atoms with Crippen molar-refractivity contribution in [3.63, 3.8) is 0 Å². The van der Waals surface area contributed by atoms with Crippen molar-refractivity contribution in [3.05, 3.63) is 33.8 Å². The lowest BCUT2D eigenvalue weighted by Crippen LogP contribution is -1.99. The third kappa shape index (κ3) is 2.91. The molecule has 0 aliphatic carbocycles. The van der Waals surface area contributed by atoms with Crippen LogP contribution in [0.2, 0.25) is 10.0 Å². The Labute approximate surface area is 98.5 Å². The van der Waals surface area contributed by atoms with Crippen molar-refractivity contribution in [2.75, 3.05) is 13.3 Å². The number of rotatable bonds is 2. The molecule has 0 saturated heterocycles. The minimum Gasteiger partial charge on any atom is -0.286 e. The molecule has 0 saturated carbocycles. The molecule has 0 atom stereocenters. The van der Waals surface area contributed by atoms with Crippen LogP contribution in [0.1, 0.15) is 5.56 Å². The Bertz CT molecular complexity index is 330. The molecule has 0 aliphatic heterocycles. The highest BCUT2D eigenvalue weighted by atomic mass is 35.5. The van der Waals surface area contributed by atoms with Gasteiger partial charge in [0.05, 0.1) is 5.04 Å². The SMILES string of the molecule is CN=C(Cc1c(Cl)cccc1Cl)SC. The topological polar surface area (TPSA) is 12.4 Å². The molecule has 0 heterocycles. The molecule has 0 spiro atoms. The van der Waals surface area contributed by atoms with Crippen LogP contribution in [-0.2, 0) is 6.42 Å². The van der Waals surface area contributed by atoms with Gasteiger partial charge >= 0.3 is 0 Å². The summed E-state index contributed by atoms with van der Waals surface area (Å²) in [6.45, 7) is 0. The second kappa shape index (κ2) is 5.64. The smallest absolute Gasteiger partial charge is 0.0714 e. The Morgan fingerprint density at radius 3 is 2.36 bits per heavy atom. The molecule has 1 nitrogen and oxygen atoms in total. The maximum Gasteiger partial charge on any atom is 0.0714 e. The summed E-state index contributed by atoms with van der Waals surface area (Å²) in [5.74, 6) is 0. The Morgan fingerprint density at radius 1 is 1.36 bits per heavy atom. The van der Waals surface area contributed by atoms with Gasteiger partial charge in [-0.25, -0.2) is 0 Å². The molecule has 0 aromatic heterocycles. The van der Waals surface area contributed by atoms with Crippen LogP contribution in [0.5, 0.6) is 0 Å². The van der Waals surface area contributed by atoms with Crippen LogP contribution < -0.4 is 0 Å². The highest BCUT2D eigenvalue weighted by Crippen LogP contribution is 2.26. The number of hydrogen-bond acceptors (Lipinski definition) is 2. The number of nitrogens with zero attached hydrogens (tertiary/aromatic N) is 1. The van der Waals surface area contributed by atoms with Crippen molar-refractivity contribution in [2.45, 2.75) is 6.42 Å². The minimum atomic E-state index is 0.702. The first-order valence-corrected chi connectivity index (χ1v) is 6.09. The standard InChI is InChI=1S/C10H11Cl2NS/c1-13-10(14-2)6-7-8(11)4-3-5-9(7)12/h3-5H,6H2,1-2H3. The number of halogens is 2. The zero-order valence-corrected chi connectivity index (χ0v) is 10.4. The van der Waals surface area contributed by atoms with Gasteiger partial charge in [0.25, 0.3) is 0 Å². The summed E-state index contributed by atoms with van der Waals surface area (Å²) >= 11 is 13.7. The zero-order valence-electron chi connectivity index (χ0n) is 8.05. The quantitative estimate of drug-likeness (QED) is 0.570. The van der Waals surface area contributed by atoms with Gasteiger partial charge < -0.3 is 0 Å². The molecule has 14 heavy (non-hydrogen) atoms. The fourth-order valence-electron chi connectivity index (χ4n) is 1.09. The second-order valence-electron chi connectivity index (χ2n) is 2.70. The van der Waals surface area contributed by atoms with E-state index in [0.717, 1.165) is 10.6 Å². The molecule has 1 aromatic carbocycles. The van der Waals surface area contributed by atoms with Gasteiger partial charge in [0.15, 0.2) is 0 Å². The van der Waals surface area contributed by atoms with E-state index >= 15 is 0 Å². The molecule has 0 amide bonds. The second-order valence-corrected chi connectivity index (χ2v) is 4.39. The number of aliphatic imine (C=N–C) groups is 1. The maximum absolute atomic E-state index is 6.04. The van der Waals surface area contributed by atoms with E-state index in [-0.39, 0.29) is 0 Å². The van der Waals surface area contributed by atoms with Crippen LogP contribution in [0.3, 0.4) is 0 Å². The van der Waals surface area contributed by atoms with E-state index in [1.54, 1.807) is 18.8 Å². The molecule has 1 aromatic rings. The lowest BCUT2D eigenvalue weighted by atomic mass is 10.1. The molecule has 0 bridgehead atoms. The summed E-state index contributed by atoms with van der Waals surface area (Å²) in [4.78, 5) is 4.15. The van der Waals surface area contributed by atoms with Crippen molar-refractivity contribution in [1.29, 1.82) is 0 Å². The number of thioether (sulfide) groups is 1. The Hall–Kier alpha value is -0.180. The van der Waals surface area contributed by atoms with Crippen LogP contribution in [0.25, 0.3) is 0 Å². The minimum absolute atomic E-state index is 0.702. The first-order valence-electron chi connectivity index (χ1n) is 4.11. The van der Waals surface area contributed by atoms with Gasteiger partial charge in [0.2, 0.25) is 0 Å². The predicted molar refractivity (Wildman–Crippen MR) is 67.0 cm³/mol. The average Bonchev–Trinajstić information content (AvgIpc) is 2.18. The maximum atomic E-state index is 6.04. The van der Waals surface area contributed by atoms with Gasteiger partial charge in [-0.2, -0.15) is 0 Å². The normalized spacial score (nSPS) is 11.9. The third-order valence-corrected chi connectivity index (χ3v) is 3.38. The van der Waals surface area contributed by atoms with Crippen molar-refractivity contribution in [2.24, 2.45) is 4.99 Å². The summed E-state index contributed by atoms with van der Waals surface area (Å²) in [7, 11) is 1.77. The van der Waals surface area contributed by atoms with E-state index in [1.807, 2.05) is 24.5 Å². The van der Waals surface area contributed by atoms with Gasteiger partial charge in [-0.1, -0.05) is 29.3 Å². The van der Waals surface area contributed by atoms with E-state index in [4.69, 9.17) is 23.2 Å². The molecule has 0 unspecified atom stereocenters. The summed E-state index contributed by atoms with van der Waals surface area (Å²) < 4.78 is 0. The van der Waals surface area contributed by atoms with Gasteiger partial charge in [0.1, 0.15) is 0 Å². The van der Waals surface area contributed by atoms with E-state index < -0.39 is 0 Å². The van der Waals surface area contributed by atoms with Crippen molar-refractivity contribution < 1.29 is 0 Å². The molecular weight excluding hydrogens is 237 g/mol. The summed E-state index contributed by atoms with van der Waals surface area (Å²) in [5, 5.41) is 2.43. The first kappa shape index (κ1) is 11.9. The highest BCUT2D eigenvalue weighted by molar-refractivity contribution is 8.13. The van der Waals surface area contributed by atoms with Crippen molar-refractivity contribution in [1.82, 2.24) is 0 Å². The van der Waals surface area contributed by atoms with Gasteiger partial charge in [-0.05, 0) is 24.0 Å². The fraction of sp³-hybridized carbons (Fsp3) is 0.300. The number of benzene rings is 1. The number of hydrogen-bond donors (Lipinski definition) is 0. The molecule has 0 radical (unpaired) electrons. The van der Waals surface area contributed by atoms with Gasteiger partial charge in [-0.3, -0.25) is 4.99 Å². The van der Waals surface area contributed by atoms with Crippen molar-refractivity contribution >= 4 is 40.0 Å². The Morgan fingerprint density at radius 2 is 1.93 bits per heavy atom. The van der Waals surface area contributed by atoms with E-state index in [1.165, 1.54) is 0 Å². The van der Waals surface area contributed by atoms with Gasteiger partial charge in [-0.15, -0.1) is 11.8 Å².